The summed E-state index contributed by atoms with van der Waals surface area (Å²) in [5, 5.41) is 3.58. The molecule has 2 atom stereocenters. The van der Waals surface area contributed by atoms with E-state index in [4.69, 9.17) is 0 Å². The number of aromatic nitrogens is 2. The Morgan fingerprint density at radius 2 is 2.00 bits per heavy atom. The van der Waals surface area contributed by atoms with Crippen molar-refractivity contribution < 1.29 is 0 Å². The summed E-state index contributed by atoms with van der Waals surface area (Å²) in [6.07, 6.45) is 6.59. The van der Waals surface area contributed by atoms with Gasteiger partial charge in [0, 0.05) is 30.0 Å². The first-order chi connectivity index (χ1) is 6.59. The summed E-state index contributed by atoms with van der Waals surface area (Å²) in [7, 11) is 0. The van der Waals surface area contributed by atoms with Crippen LogP contribution in [0.2, 0.25) is 0 Å². The van der Waals surface area contributed by atoms with Crippen LogP contribution in [0.25, 0.3) is 0 Å². The minimum Gasteiger partial charge on any atom is -0.307 e. The van der Waals surface area contributed by atoms with Gasteiger partial charge in [0.2, 0.25) is 0 Å². The van der Waals surface area contributed by atoms with E-state index in [1.165, 1.54) is 6.42 Å². The number of nitrogens with one attached hydrogen (secondary N) is 1. The van der Waals surface area contributed by atoms with Gasteiger partial charge in [-0.05, 0) is 18.8 Å². The first-order valence-electron chi connectivity index (χ1n) is 5.10. The molecule has 3 heteroatoms. The van der Waals surface area contributed by atoms with E-state index in [0.717, 1.165) is 5.56 Å². The second kappa shape index (κ2) is 3.31. The van der Waals surface area contributed by atoms with Crippen molar-refractivity contribution in [3.05, 3.63) is 24.3 Å². The van der Waals surface area contributed by atoms with Gasteiger partial charge in [0.25, 0.3) is 0 Å². The van der Waals surface area contributed by atoms with Crippen LogP contribution in [0.3, 0.4) is 0 Å². The molecule has 76 valence electrons. The van der Waals surface area contributed by atoms with Gasteiger partial charge in [-0.1, -0.05) is 13.8 Å². The lowest BCUT2D eigenvalue weighted by Crippen LogP contribution is -2.24. The van der Waals surface area contributed by atoms with E-state index in [1.807, 2.05) is 12.4 Å². The van der Waals surface area contributed by atoms with Gasteiger partial charge in [-0.15, -0.1) is 0 Å². The molecule has 0 spiro atoms. The Balaban J connectivity index is 1.94. The molecule has 0 saturated heterocycles. The summed E-state index contributed by atoms with van der Waals surface area (Å²) in [5.74, 6) is 0. The fraction of sp³-hybridized carbons (Fsp3) is 0.636. The van der Waals surface area contributed by atoms with E-state index in [9.17, 15) is 0 Å². The molecule has 1 fully saturated rings. The molecule has 3 nitrogen and oxygen atoms in total. The zero-order chi connectivity index (χ0) is 10.2. The number of nitrogens with zero attached hydrogens (tertiary/aromatic N) is 2. The topological polar surface area (TPSA) is 37.8 Å². The minimum absolute atomic E-state index is 0.350. The second-order valence-electron chi connectivity index (χ2n) is 4.81. The monoisotopic (exact) mass is 191 g/mol. The molecule has 0 bridgehead atoms. The normalized spacial score (nSPS) is 25.8. The lowest BCUT2D eigenvalue weighted by Gasteiger charge is -2.14. The number of hydrogen-bond donors (Lipinski definition) is 1. The van der Waals surface area contributed by atoms with Gasteiger partial charge < -0.3 is 5.32 Å². The Hall–Kier alpha value is -0.960. The van der Waals surface area contributed by atoms with Crippen molar-refractivity contribution in [3.8, 4) is 0 Å². The molecule has 1 aliphatic rings. The molecule has 2 rings (SSSR count). The van der Waals surface area contributed by atoms with E-state index in [1.54, 1.807) is 6.33 Å². The molecule has 14 heavy (non-hydrogen) atoms. The Labute approximate surface area is 85.0 Å². The van der Waals surface area contributed by atoms with E-state index in [2.05, 4.69) is 36.1 Å². The zero-order valence-corrected chi connectivity index (χ0v) is 8.99. The minimum atomic E-state index is 0.350. The molecule has 1 N–H and O–H groups in total. The van der Waals surface area contributed by atoms with Crippen molar-refractivity contribution in [3.63, 3.8) is 0 Å². The number of rotatable bonds is 3. The first-order valence-corrected chi connectivity index (χ1v) is 5.10. The smallest absolute Gasteiger partial charge is 0.115 e. The molecule has 1 aliphatic carbocycles. The largest absolute Gasteiger partial charge is 0.307 e. The van der Waals surface area contributed by atoms with Crippen LogP contribution in [0.1, 0.15) is 38.8 Å². The Bertz CT molecular complexity index is 308. The van der Waals surface area contributed by atoms with Gasteiger partial charge in [-0.25, -0.2) is 9.97 Å². The van der Waals surface area contributed by atoms with Crippen LogP contribution in [0.4, 0.5) is 0 Å². The SMILES string of the molecule is CC(NC1CC1(C)C)c1cncnc1. The van der Waals surface area contributed by atoms with Gasteiger partial charge >= 0.3 is 0 Å². The summed E-state index contributed by atoms with van der Waals surface area (Å²) < 4.78 is 0. The molecule has 1 aromatic rings. The average Bonchev–Trinajstić information content (AvgIpc) is 2.75. The van der Waals surface area contributed by atoms with E-state index >= 15 is 0 Å². The van der Waals surface area contributed by atoms with Crippen molar-refractivity contribution in [1.82, 2.24) is 15.3 Å². The van der Waals surface area contributed by atoms with Crippen LogP contribution in [0, 0.1) is 5.41 Å². The Morgan fingerprint density at radius 3 is 2.50 bits per heavy atom. The van der Waals surface area contributed by atoms with Crippen LogP contribution in [0.5, 0.6) is 0 Å². The highest BCUT2D eigenvalue weighted by Gasteiger charge is 2.45. The van der Waals surface area contributed by atoms with Gasteiger partial charge in [0.15, 0.2) is 0 Å². The second-order valence-corrected chi connectivity index (χ2v) is 4.81. The summed E-state index contributed by atoms with van der Waals surface area (Å²) in [6, 6.07) is 1.00. The van der Waals surface area contributed by atoms with Crippen molar-refractivity contribution in [2.45, 2.75) is 39.3 Å². The molecular weight excluding hydrogens is 174 g/mol. The lowest BCUT2D eigenvalue weighted by molar-refractivity contribution is 0.490. The highest BCUT2D eigenvalue weighted by atomic mass is 15.0. The predicted octanol–water partition coefficient (Wildman–Crippen LogP) is 1.93. The maximum atomic E-state index is 4.02. The molecular formula is C11H17N3. The molecule has 0 radical (unpaired) electrons. The standard InChI is InChI=1S/C11H17N3/c1-8(9-5-12-7-13-6-9)14-10-4-11(10,2)3/h5-8,10,14H,4H2,1-3H3. The third kappa shape index (κ3) is 1.93. The average molecular weight is 191 g/mol. The maximum absolute atomic E-state index is 4.02. The summed E-state index contributed by atoms with van der Waals surface area (Å²) in [5.41, 5.74) is 1.64. The molecule has 0 aliphatic heterocycles. The van der Waals surface area contributed by atoms with Crippen molar-refractivity contribution >= 4 is 0 Å². The van der Waals surface area contributed by atoms with Gasteiger partial charge in [0.1, 0.15) is 6.33 Å². The van der Waals surface area contributed by atoms with Crippen molar-refractivity contribution in [2.75, 3.05) is 0 Å². The predicted molar refractivity (Wildman–Crippen MR) is 55.8 cm³/mol. The van der Waals surface area contributed by atoms with Crippen LogP contribution in [-0.2, 0) is 0 Å². The summed E-state index contributed by atoms with van der Waals surface area (Å²) >= 11 is 0. The van der Waals surface area contributed by atoms with E-state index in [-0.39, 0.29) is 0 Å². The Morgan fingerprint density at radius 1 is 1.43 bits per heavy atom. The van der Waals surface area contributed by atoms with Crippen LogP contribution >= 0.6 is 0 Å². The zero-order valence-electron chi connectivity index (χ0n) is 8.99. The third-order valence-electron chi connectivity index (χ3n) is 3.05. The molecule has 2 unspecified atom stereocenters. The highest BCUT2D eigenvalue weighted by molar-refractivity contribution is 5.11. The quantitative estimate of drug-likeness (QED) is 0.793. The van der Waals surface area contributed by atoms with E-state index < -0.39 is 0 Å². The van der Waals surface area contributed by atoms with Crippen molar-refractivity contribution in [1.29, 1.82) is 0 Å². The molecule has 1 saturated carbocycles. The van der Waals surface area contributed by atoms with E-state index in [0.29, 0.717) is 17.5 Å². The summed E-state index contributed by atoms with van der Waals surface area (Å²) in [6.45, 7) is 6.74. The van der Waals surface area contributed by atoms with Crippen LogP contribution in [-0.4, -0.2) is 16.0 Å². The fourth-order valence-electron chi connectivity index (χ4n) is 1.68. The van der Waals surface area contributed by atoms with Gasteiger partial charge in [-0.2, -0.15) is 0 Å². The first kappa shape index (κ1) is 9.59. The fourth-order valence-corrected chi connectivity index (χ4v) is 1.68. The van der Waals surface area contributed by atoms with Crippen LogP contribution in [0.15, 0.2) is 18.7 Å². The van der Waals surface area contributed by atoms with Crippen LogP contribution < -0.4 is 5.32 Å². The van der Waals surface area contributed by atoms with Gasteiger partial charge in [0.05, 0.1) is 0 Å². The van der Waals surface area contributed by atoms with Crippen molar-refractivity contribution in [2.24, 2.45) is 5.41 Å². The molecule has 1 aromatic heterocycles. The molecule has 0 amide bonds. The molecule has 0 aromatic carbocycles. The number of hydrogen-bond acceptors (Lipinski definition) is 3. The summed E-state index contributed by atoms with van der Waals surface area (Å²) in [4.78, 5) is 8.04. The van der Waals surface area contributed by atoms with Gasteiger partial charge in [-0.3, -0.25) is 0 Å². The molecule has 1 heterocycles. The third-order valence-corrected chi connectivity index (χ3v) is 3.05. The lowest BCUT2D eigenvalue weighted by atomic mass is 10.1. The Kier molecular flexibility index (Phi) is 2.27. The highest BCUT2D eigenvalue weighted by Crippen LogP contribution is 2.45. The maximum Gasteiger partial charge on any atom is 0.115 e.